The molecular formula is C14H12B. The van der Waals surface area contributed by atoms with Crippen LogP contribution in [0.3, 0.4) is 0 Å². The molecule has 1 radical (unpaired) electrons. The second-order valence-electron chi connectivity index (χ2n) is 3.98. The molecule has 1 aliphatic carbocycles. The van der Waals surface area contributed by atoms with Gasteiger partial charge in [0.15, 0.2) is 0 Å². The highest BCUT2D eigenvalue weighted by molar-refractivity contribution is 6.53. The number of hydrogen-bond acceptors (Lipinski definition) is 0. The number of benzene rings is 2. The van der Waals surface area contributed by atoms with Gasteiger partial charge in [-0.25, -0.2) is 0 Å². The molecule has 0 bridgehead atoms. The Morgan fingerprint density at radius 1 is 1.13 bits per heavy atom. The van der Waals surface area contributed by atoms with Crippen molar-refractivity contribution in [1.29, 1.82) is 0 Å². The largest absolute Gasteiger partial charge is 0.149 e. The maximum absolute atomic E-state index is 2.25. The molecule has 0 amide bonds. The Morgan fingerprint density at radius 2 is 2.07 bits per heavy atom. The normalized spacial score (nSPS) is 13.1. The fraction of sp³-hybridized carbons (Fsp3) is 0.143. The first-order chi connectivity index (χ1) is 7.40. The Balaban J connectivity index is 2.48. The summed E-state index contributed by atoms with van der Waals surface area (Å²) < 4.78 is 0. The molecule has 0 saturated carbocycles. The number of allylic oxidation sites excluding steroid dienone is 1. The van der Waals surface area contributed by atoms with Crippen LogP contribution in [0.1, 0.15) is 11.1 Å². The van der Waals surface area contributed by atoms with Gasteiger partial charge in [0, 0.05) is 0 Å². The maximum atomic E-state index is 2.25. The minimum absolute atomic E-state index is 1.07. The third kappa shape index (κ3) is 1.23. The van der Waals surface area contributed by atoms with Crippen molar-refractivity contribution < 1.29 is 0 Å². The van der Waals surface area contributed by atoms with E-state index in [4.69, 9.17) is 0 Å². The van der Waals surface area contributed by atoms with Gasteiger partial charge in [-0.05, 0) is 28.3 Å². The minimum Gasteiger partial charge on any atom is -0.0872 e. The zero-order valence-electron chi connectivity index (χ0n) is 8.83. The molecule has 0 nitrogen and oxygen atoms in total. The van der Waals surface area contributed by atoms with Gasteiger partial charge in [0.25, 0.3) is 0 Å². The highest BCUT2D eigenvalue weighted by Gasteiger charge is 2.10. The van der Waals surface area contributed by atoms with Gasteiger partial charge >= 0.3 is 0 Å². The minimum atomic E-state index is 1.07. The smallest absolute Gasteiger partial charge is 0.0872 e. The van der Waals surface area contributed by atoms with E-state index >= 15 is 0 Å². The van der Waals surface area contributed by atoms with E-state index in [1.807, 2.05) is 0 Å². The lowest BCUT2D eigenvalue weighted by molar-refractivity contribution is 1.30. The Morgan fingerprint density at radius 3 is 2.93 bits per heavy atom. The third-order valence-electron chi connectivity index (χ3n) is 3.14. The molecular weight excluding hydrogens is 179 g/mol. The molecule has 1 heteroatoms. The monoisotopic (exact) mass is 191 g/mol. The lowest BCUT2D eigenvalue weighted by Gasteiger charge is -2.15. The van der Waals surface area contributed by atoms with E-state index in [0.717, 1.165) is 6.42 Å². The first-order valence-corrected chi connectivity index (χ1v) is 5.40. The predicted octanol–water partition coefficient (Wildman–Crippen LogP) is 2.79. The average molecular weight is 191 g/mol. The van der Waals surface area contributed by atoms with E-state index in [1.165, 1.54) is 27.4 Å². The first-order valence-electron chi connectivity index (χ1n) is 5.40. The van der Waals surface area contributed by atoms with Crippen LogP contribution in [0.15, 0.2) is 36.4 Å². The summed E-state index contributed by atoms with van der Waals surface area (Å²) >= 11 is 0. The van der Waals surface area contributed by atoms with Crippen LogP contribution in [-0.4, -0.2) is 7.28 Å². The summed E-state index contributed by atoms with van der Waals surface area (Å²) in [5, 5.41) is 2.80. The van der Waals surface area contributed by atoms with Gasteiger partial charge in [-0.15, -0.1) is 0 Å². The fourth-order valence-electron chi connectivity index (χ4n) is 2.41. The van der Waals surface area contributed by atoms with Crippen LogP contribution in [0.2, 0.25) is 6.82 Å². The van der Waals surface area contributed by atoms with Crippen LogP contribution in [0.5, 0.6) is 0 Å². The van der Waals surface area contributed by atoms with Gasteiger partial charge in [-0.1, -0.05) is 54.8 Å². The predicted molar refractivity (Wildman–Crippen MR) is 67.9 cm³/mol. The zero-order chi connectivity index (χ0) is 10.3. The zero-order valence-corrected chi connectivity index (χ0v) is 8.83. The summed E-state index contributed by atoms with van der Waals surface area (Å²) in [5.74, 6) is 0. The molecule has 2 aromatic carbocycles. The summed E-state index contributed by atoms with van der Waals surface area (Å²) in [6, 6.07) is 11.0. The van der Waals surface area contributed by atoms with Crippen LogP contribution >= 0.6 is 0 Å². The molecule has 0 aliphatic heterocycles. The lowest BCUT2D eigenvalue weighted by Crippen LogP contribution is -2.16. The van der Waals surface area contributed by atoms with E-state index in [9.17, 15) is 0 Å². The molecule has 0 unspecified atom stereocenters. The molecule has 0 spiro atoms. The Bertz CT molecular complexity index is 553. The van der Waals surface area contributed by atoms with Gasteiger partial charge in [-0.2, -0.15) is 0 Å². The van der Waals surface area contributed by atoms with Crippen molar-refractivity contribution >= 4 is 29.6 Å². The van der Waals surface area contributed by atoms with Gasteiger partial charge in [0.1, 0.15) is 7.28 Å². The van der Waals surface area contributed by atoms with Crippen LogP contribution in [-0.2, 0) is 6.42 Å². The second-order valence-corrected chi connectivity index (χ2v) is 3.98. The molecule has 15 heavy (non-hydrogen) atoms. The molecule has 71 valence electrons. The molecule has 2 aromatic rings. The standard InChI is InChI=1S/C14H12B/c1-15-13-9-8-11-5-2-4-10-6-3-7-12(13)14(10)11/h2-5,7-9H,6H2,1H3. The van der Waals surface area contributed by atoms with Crippen molar-refractivity contribution in [3.05, 3.63) is 47.5 Å². The summed E-state index contributed by atoms with van der Waals surface area (Å²) in [6.07, 6.45) is 5.58. The molecule has 1 aliphatic rings. The Labute approximate surface area is 90.9 Å². The van der Waals surface area contributed by atoms with Crippen LogP contribution < -0.4 is 5.46 Å². The third-order valence-corrected chi connectivity index (χ3v) is 3.14. The SMILES string of the molecule is C[B]c1ccc2cccc3c2c1C=CC3. The quantitative estimate of drug-likeness (QED) is 0.608. The molecule has 0 saturated heterocycles. The number of hydrogen-bond donors (Lipinski definition) is 0. The highest BCUT2D eigenvalue weighted by Crippen LogP contribution is 2.26. The van der Waals surface area contributed by atoms with Crippen LogP contribution in [0.25, 0.3) is 16.8 Å². The van der Waals surface area contributed by atoms with Gasteiger partial charge in [0.05, 0.1) is 0 Å². The van der Waals surface area contributed by atoms with E-state index < -0.39 is 0 Å². The van der Waals surface area contributed by atoms with Crippen molar-refractivity contribution in [2.75, 3.05) is 0 Å². The molecule has 0 fully saturated rings. The summed E-state index contributed by atoms with van der Waals surface area (Å²) in [7, 11) is 2.18. The van der Waals surface area contributed by atoms with E-state index in [1.54, 1.807) is 0 Å². The Kier molecular flexibility index (Phi) is 1.91. The average Bonchev–Trinajstić information content (AvgIpc) is 2.30. The molecule has 0 N–H and O–H groups in total. The molecule has 0 heterocycles. The van der Waals surface area contributed by atoms with Crippen molar-refractivity contribution in [1.82, 2.24) is 0 Å². The highest BCUT2D eigenvalue weighted by atomic mass is 14.1. The topological polar surface area (TPSA) is 0 Å². The first kappa shape index (κ1) is 8.78. The van der Waals surface area contributed by atoms with Crippen molar-refractivity contribution in [2.24, 2.45) is 0 Å². The van der Waals surface area contributed by atoms with Gasteiger partial charge in [-0.3, -0.25) is 0 Å². The Hall–Kier alpha value is -1.50. The van der Waals surface area contributed by atoms with Crippen molar-refractivity contribution in [2.45, 2.75) is 13.2 Å². The fourth-order valence-corrected chi connectivity index (χ4v) is 2.41. The van der Waals surface area contributed by atoms with Gasteiger partial charge < -0.3 is 0 Å². The van der Waals surface area contributed by atoms with E-state index in [0.29, 0.717) is 0 Å². The molecule has 0 aromatic heterocycles. The summed E-state index contributed by atoms with van der Waals surface area (Å²) in [5.41, 5.74) is 4.18. The molecule has 0 atom stereocenters. The van der Waals surface area contributed by atoms with E-state index in [2.05, 4.69) is 56.6 Å². The van der Waals surface area contributed by atoms with Crippen molar-refractivity contribution in [3.8, 4) is 0 Å². The summed E-state index contributed by atoms with van der Waals surface area (Å²) in [6.45, 7) is 2.10. The van der Waals surface area contributed by atoms with Crippen LogP contribution in [0.4, 0.5) is 0 Å². The van der Waals surface area contributed by atoms with E-state index in [-0.39, 0.29) is 0 Å². The molecule has 3 rings (SSSR count). The van der Waals surface area contributed by atoms with Crippen molar-refractivity contribution in [3.63, 3.8) is 0 Å². The number of rotatable bonds is 1. The lowest BCUT2D eigenvalue weighted by atomic mass is 9.69. The maximum Gasteiger partial charge on any atom is 0.149 e. The van der Waals surface area contributed by atoms with Gasteiger partial charge in [0.2, 0.25) is 0 Å². The summed E-state index contributed by atoms with van der Waals surface area (Å²) in [4.78, 5) is 0. The van der Waals surface area contributed by atoms with Crippen LogP contribution in [0, 0.1) is 0 Å². The second kappa shape index (κ2) is 3.27.